The molecule has 0 saturated heterocycles. The van der Waals surface area contributed by atoms with Crippen molar-refractivity contribution >= 4 is 27.1 Å². The van der Waals surface area contributed by atoms with Crippen LogP contribution in [0.5, 0.6) is 11.5 Å². The zero-order valence-corrected chi connectivity index (χ0v) is 13.7. The van der Waals surface area contributed by atoms with Crippen molar-refractivity contribution in [2.24, 2.45) is 0 Å². The van der Waals surface area contributed by atoms with Gasteiger partial charge in [0.2, 0.25) is 0 Å². The zero-order chi connectivity index (χ0) is 17.2. The minimum absolute atomic E-state index is 0.287. The first kappa shape index (κ1) is 16.6. The predicted molar refractivity (Wildman–Crippen MR) is 83.8 cm³/mol. The predicted octanol–water partition coefficient (Wildman–Crippen LogP) is 4.17. The third-order valence-electron chi connectivity index (χ3n) is 3.08. The van der Waals surface area contributed by atoms with Gasteiger partial charge in [0.05, 0.1) is 12.9 Å². The highest BCUT2D eigenvalue weighted by Gasteiger charge is 2.30. The van der Waals surface area contributed by atoms with E-state index in [-0.39, 0.29) is 5.75 Å². The standard InChI is InChI=1S/C15H11BrF3N3O2/c16-10-7-13-14(20-8-10)22(9-21-13)5-6-23-11-1-3-12(4-2-11)24-15(17,18)19/h1-4,7-9H,5-6H2. The molecule has 24 heavy (non-hydrogen) atoms. The average Bonchev–Trinajstić information content (AvgIpc) is 2.90. The van der Waals surface area contributed by atoms with Crippen molar-refractivity contribution in [3.63, 3.8) is 0 Å². The second kappa shape index (κ2) is 6.68. The Hall–Kier alpha value is -2.29. The summed E-state index contributed by atoms with van der Waals surface area (Å²) in [6, 6.07) is 7.10. The third-order valence-corrected chi connectivity index (χ3v) is 3.51. The molecule has 5 nitrogen and oxygen atoms in total. The van der Waals surface area contributed by atoms with Crippen LogP contribution in [0, 0.1) is 0 Å². The maximum atomic E-state index is 12.1. The summed E-state index contributed by atoms with van der Waals surface area (Å²) in [7, 11) is 0. The molecule has 3 aromatic rings. The van der Waals surface area contributed by atoms with Crippen LogP contribution in [0.4, 0.5) is 13.2 Å². The Morgan fingerprint density at radius 1 is 1.08 bits per heavy atom. The Bertz CT molecular complexity index is 834. The Morgan fingerprint density at radius 2 is 1.79 bits per heavy atom. The largest absolute Gasteiger partial charge is 0.573 e. The quantitative estimate of drug-likeness (QED) is 0.643. The molecule has 1 aromatic carbocycles. The van der Waals surface area contributed by atoms with E-state index in [0.717, 1.165) is 15.6 Å². The second-order valence-electron chi connectivity index (χ2n) is 4.80. The second-order valence-corrected chi connectivity index (χ2v) is 5.72. The van der Waals surface area contributed by atoms with E-state index < -0.39 is 6.36 Å². The summed E-state index contributed by atoms with van der Waals surface area (Å²) in [6.45, 7) is 0.828. The summed E-state index contributed by atoms with van der Waals surface area (Å²) in [5.74, 6) is 0.162. The molecule has 0 aliphatic carbocycles. The van der Waals surface area contributed by atoms with Crippen molar-refractivity contribution < 1.29 is 22.6 Å². The number of hydrogen-bond acceptors (Lipinski definition) is 4. The van der Waals surface area contributed by atoms with Gasteiger partial charge in [-0.2, -0.15) is 0 Å². The third kappa shape index (κ3) is 4.16. The fourth-order valence-corrected chi connectivity index (χ4v) is 2.41. The fraction of sp³-hybridized carbons (Fsp3) is 0.200. The van der Waals surface area contributed by atoms with Crippen molar-refractivity contribution in [2.45, 2.75) is 12.9 Å². The number of alkyl halides is 3. The van der Waals surface area contributed by atoms with Crippen LogP contribution >= 0.6 is 15.9 Å². The van der Waals surface area contributed by atoms with Crippen molar-refractivity contribution in [1.82, 2.24) is 14.5 Å². The number of rotatable bonds is 5. The van der Waals surface area contributed by atoms with Gasteiger partial charge in [0.25, 0.3) is 0 Å². The van der Waals surface area contributed by atoms with E-state index in [1.165, 1.54) is 24.3 Å². The highest BCUT2D eigenvalue weighted by atomic mass is 79.9. The first-order valence-corrected chi connectivity index (χ1v) is 7.65. The van der Waals surface area contributed by atoms with Gasteiger partial charge < -0.3 is 14.0 Å². The summed E-state index contributed by atoms with van der Waals surface area (Å²) < 4.78 is 48.2. The van der Waals surface area contributed by atoms with Gasteiger partial charge in [-0.15, -0.1) is 13.2 Å². The van der Waals surface area contributed by atoms with E-state index >= 15 is 0 Å². The molecule has 0 N–H and O–H groups in total. The molecule has 0 bridgehead atoms. The lowest BCUT2D eigenvalue weighted by molar-refractivity contribution is -0.274. The Balaban J connectivity index is 1.58. The van der Waals surface area contributed by atoms with Gasteiger partial charge in [-0.3, -0.25) is 0 Å². The lowest BCUT2D eigenvalue weighted by Crippen LogP contribution is -2.17. The molecule has 0 radical (unpaired) electrons. The normalized spacial score (nSPS) is 11.7. The number of imidazole rings is 1. The van der Waals surface area contributed by atoms with Crippen LogP contribution in [0.15, 0.2) is 47.3 Å². The smallest absolute Gasteiger partial charge is 0.492 e. The van der Waals surface area contributed by atoms with E-state index in [1.807, 2.05) is 10.6 Å². The van der Waals surface area contributed by atoms with Gasteiger partial charge in [-0.1, -0.05) is 0 Å². The molecule has 0 unspecified atom stereocenters. The van der Waals surface area contributed by atoms with Gasteiger partial charge in [0.15, 0.2) is 5.65 Å². The SMILES string of the molecule is FC(F)(F)Oc1ccc(OCCn2cnc3cc(Br)cnc32)cc1. The number of pyridine rings is 1. The lowest BCUT2D eigenvalue weighted by Gasteiger charge is -2.10. The van der Waals surface area contributed by atoms with E-state index in [1.54, 1.807) is 12.5 Å². The molecular formula is C15H11BrF3N3O2. The summed E-state index contributed by atoms with van der Waals surface area (Å²) in [5, 5.41) is 0. The summed E-state index contributed by atoms with van der Waals surface area (Å²) >= 11 is 3.33. The molecule has 9 heteroatoms. The van der Waals surface area contributed by atoms with Gasteiger partial charge in [-0.25, -0.2) is 9.97 Å². The lowest BCUT2D eigenvalue weighted by atomic mass is 10.3. The molecule has 2 aromatic heterocycles. The van der Waals surface area contributed by atoms with Crippen molar-refractivity contribution in [3.05, 3.63) is 47.3 Å². The fourth-order valence-electron chi connectivity index (χ4n) is 2.09. The van der Waals surface area contributed by atoms with Crippen LogP contribution in [0.1, 0.15) is 0 Å². The summed E-state index contributed by atoms with van der Waals surface area (Å²) in [4.78, 5) is 8.53. The molecule has 0 atom stereocenters. The van der Waals surface area contributed by atoms with Crippen LogP contribution in [0.2, 0.25) is 0 Å². The van der Waals surface area contributed by atoms with Gasteiger partial charge in [-0.05, 0) is 46.3 Å². The van der Waals surface area contributed by atoms with Gasteiger partial charge >= 0.3 is 6.36 Å². The van der Waals surface area contributed by atoms with Crippen LogP contribution in [0.3, 0.4) is 0 Å². The van der Waals surface area contributed by atoms with Crippen molar-refractivity contribution in [1.29, 1.82) is 0 Å². The van der Waals surface area contributed by atoms with E-state index in [2.05, 4.69) is 30.6 Å². The molecule has 0 aliphatic rings. The van der Waals surface area contributed by atoms with Crippen molar-refractivity contribution in [3.8, 4) is 11.5 Å². The Morgan fingerprint density at radius 3 is 2.50 bits per heavy atom. The summed E-state index contributed by atoms with van der Waals surface area (Å²) in [5.41, 5.74) is 1.49. The number of halogens is 4. The van der Waals surface area contributed by atoms with Gasteiger partial charge in [0, 0.05) is 10.7 Å². The molecule has 0 amide bonds. The molecule has 0 saturated carbocycles. The maximum Gasteiger partial charge on any atom is 0.573 e. The number of nitrogens with zero attached hydrogens (tertiary/aromatic N) is 3. The van der Waals surface area contributed by atoms with E-state index in [4.69, 9.17) is 4.74 Å². The summed E-state index contributed by atoms with van der Waals surface area (Å²) in [6.07, 6.45) is -1.36. The van der Waals surface area contributed by atoms with Crippen LogP contribution in [-0.4, -0.2) is 27.5 Å². The molecule has 2 heterocycles. The van der Waals surface area contributed by atoms with Gasteiger partial charge in [0.1, 0.15) is 23.6 Å². The van der Waals surface area contributed by atoms with E-state index in [0.29, 0.717) is 18.9 Å². The van der Waals surface area contributed by atoms with Crippen LogP contribution in [0.25, 0.3) is 11.2 Å². The van der Waals surface area contributed by atoms with E-state index in [9.17, 15) is 13.2 Å². The van der Waals surface area contributed by atoms with Crippen LogP contribution in [-0.2, 0) is 6.54 Å². The Labute approximate surface area is 143 Å². The molecule has 0 fully saturated rings. The number of fused-ring (bicyclic) bond motifs is 1. The molecular weight excluding hydrogens is 391 g/mol. The average molecular weight is 402 g/mol. The molecule has 0 spiro atoms. The molecule has 0 aliphatic heterocycles. The minimum atomic E-state index is -4.70. The monoisotopic (exact) mass is 401 g/mol. The number of benzene rings is 1. The Kier molecular flexibility index (Phi) is 4.61. The topological polar surface area (TPSA) is 49.2 Å². The maximum absolute atomic E-state index is 12.1. The van der Waals surface area contributed by atoms with Crippen LogP contribution < -0.4 is 9.47 Å². The van der Waals surface area contributed by atoms with Crippen molar-refractivity contribution in [2.75, 3.05) is 6.61 Å². The highest BCUT2D eigenvalue weighted by molar-refractivity contribution is 9.10. The number of hydrogen-bond donors (Lipinski definition) is 0. The molecule has 126 valence electrons. The minimum Gasteiger partial charge on any atom is -0.492 e. The first-order chi connectivity index (χ1) is 11.4. The highest BCUT2D eigenvalue weighted by Crippen LogP contribution is 2.24. The first-order valence-electron chi connectivity index (χ1n) is 6.86. The molecule has 3 rings (SSSR count). The zero-order valence-electron chi connectivity index (χ0n) is 12.1. The number of ether oxygens (including phenoxy) is 2. The number of aromatic nitrogens is 3.